The largest absolute Gasteiger partial charge is 0.0776 e. The molecule has 0 radical (unpaired) electrons. The van der Waals surface area contributed by atoms with Gasteiger partial charge in [0, 0.05) is 0 Å². The van der Waals surface area contributed by atoms with Crippen LogP contribution in [0.25, 0.3) is 0 Å². The minimum Gasteiger partial charge on any atom is -0.0776 e. The molecule has 0 amide bonds. The topological polar surface area (TPSA) is 0 Å². The van der Waals surface area contributed by atoms with E-state index in [4.69, 9.17) is 0 Å². The van der Waals surface area contributed by atoms with Crippen LogP contribution in [0.1, 0.15) is 61.8 Å². The second-order valence-electron chi connectivity index (χ2n) is 5.26. The van der Waals surface area contributed by atoms with Gasteiger partial charge in [-0.25, -0.2) is 0 Å². The van der Waals surface area contributed by atoms with Crippen molar-refractivity contribution in [1.82, 2.24) is 0 Å². The lowest BCUT2D eigenvalue weighted by atomic mass is 9.75. The second kappa shape index (κ2) is 4.13. The van der Waals surface area contributed by atoms with Crippen molar-refractivity contribution in [3.63, 3.8) is 0 Å². The van der Waals surface area contributed by atoms with E-state index in [0.717, 1.165) is 0 Å². The zero-order valence-corrected chi connectivity index (χ0v) is 8.41. The third-order valence-corrected chi connectivity index (χ3v) is 1.97. The van der Waals surface area contributed by atoms with E-state index in [1.807, 2.05) is 0 Å². The lowest BCUT2D eigenvalue weighted by molar-refractivity contribution is 0.206. The van der Waals surface area contributed by atoms with E-state index in [1.54, 1.807) is 0 Å². The minimum absolute atomic E-state index is 0. The lowest BCUT2D eigenvalue weighted by Crippen LogP contribution is -2.19. The van der Waals surface area contributed by atoms with Crippen molar-refractivity contribution in [2.45, 2.75) is 61.8 Å². The molecule has 0 aromatic carbocycles. The van der Waals surface area contributed by atoms with Gasteiger partial charge in [0.05, 0.1) is 0 Å². The molecule has 0 spiro atoms. The van der Waals surface area contributed by atoms with Crippen molar-refractivity contribution in [3.05, 3.63) is 0 Å². The summed E-state index contributed by atoms with van der Waals surface area (Å²) in [6.45, 7) is 13.9. The summed E-state index contributed by atoms with van der Waals surface area (Å²) in [5, 5.41) is 0. The van der Waals surface area contributed by atoms with Gasteiger partial charge in [-0.3, -0.25) is 0 Å². The van der Waals surface area contributed by atoms with Crippen molar-refractivity contribution in [2.24, 2.45) is 10.8 Å². The monoisotopic (exact) mass is 158 g/mol. The molecule has 0 aromatic heterocycles. The van der Waals surface area contributed by atoms with E-state index in [-0.39, 0.29) is 7.43 Å². The van der Waals surface area contributed by atoms with Crippen molar-refractivity contribution >= 4 is 0 Å². The summed E-state index contributed by atoms with van der Waals surface area (Å²) in [7, 11) is 0. The summed E-state index contributed by atoms with van der Waals surface area (Å²) in [6.07, 6.45) is 2.60. The van der Waals surface area contributed by atoms with Crippen LogP contribution in [0.2, 0.25) is 0 Å². The molecule has 0 fully saturated rings. The fraction of sp³-hybridized carbons (Fsp3) is 1.00. The zero-order chi connectivity index (χ0) is 8.41. The molecule has 0 saturated carbocycles. The van der Waals surface area contributed by atoms with Crippen molar-refractivity contribution < 1.29 is 0 Å². The second-order valence-corrected chi connectivity index (χ2v) is 5.26. The summed E-state index contributed by atoms with van der Waals surface area (Å²) in [6, 6.07) is 0. The number of hydrogen-bond donors (Lipinski definition) is 0. The molecule has 11 heavy (non-hydrogen) atoms. The van der Waals surface area contributed by atoms with Crippen LogP contribution >= 0.6 is 0 Å². The van der Waals surface area contributed by atoms with Crippen molar-refractivity contribution in [2.75, 3.05) is 0 Å². The van der Waals surface area contributed by atoms with Gasteiger partial charge in [-0.15, -0.1) is 0 Å². The van der Waals surface area contributed by atoms with E-state index < -0.39 is 0 Å². The average molecular weight is 158 g/mol. The first-order valence-electron chi connectivity index (χ1n) is 4.27. The highest BCUT2D eigenvalue weighted by atomic mass is 14.3. The molecule has 0 atom stereocenters. The summed E-state index contributed by atoms with van der Waals surface area (Å²) < 4.78 is 0. The van der Waals surface area contributed by atoms with Crippen LogP contribution in [0.15, 0.2) is 0 Å². The van der Waals surface area contributed by atoms with Gasteiger partial charge in [0.15, 0.2) is 0 Å². The Hall–Kier alpha value is 0. The maximum absolute atomic E-state index is 2.35. The van der Waals surface area contributed by atoms with Crippen LogP contribution in [0.3, 0.4) is 0 Å². The Labute approximate surface area is 73.4 Å². The molecule has 0 N–H and O–H groups in total. The van der Waals surface area contributed by atoms with Crippen molar-refractivity contribution in [1.29, 1.82) is 0 Å². The predicted molar refractivity (Wildman–Crippen MR) is 54.9 cm³/mol. The SMILES string of the molecule is C.CCC(C)(C)CC(C)(C)C. The molecule has 0 unspecified atom stereocenters. The molecule has 0 heterocycles. The zero-order valence-electron chi connectivity index (χ0n) is 8.41. The fourth-order valence-corrected chi connectivity index (χ4v) is 1.56. The third kappa shape index (κ3) is 7.90. The van der Waals surface area contributed by atoms with E-state index in [1.165, 1.54) is 12.8 Å². The Balaban J connectivity index is 0. The van der Waals surface area contributed by atoms with Crippen molar-refractivity contribution in [3.8, 4) is 0 Å². The van der Waals surface area contributed by atoms with Gasteiger partial charge in [0.1, 0.15) is 0 Å². The summed E-state index contributed by atoms with van der Waals surface area (Å²) in [5.41, 5.74) is 1.01. The van der Waals surface area contributed by atoms with Crippen LogP contribution in [0.4, 0.5) is 0 Å². The van der Waals surface area contributed by atoms with Crippen LogP contribution in [-0.2, 0) is 0 Å². The van der Waals surface area contributed by atoms with Gasteiger partial charge >= 0.3 is 0 Å². The van der Waals surface area contributed by atoms with Crippen LogP contribution < -0.4 is 0 Å². The maximum atomic E-state index is 2.35. The van der Waals surface area contributed by atoms with Gasteiger partial charge in [0.25, 0.3) is 0 Å². The molecule has 0 nitrogen and oxygen atoms in total. The predicted octanol–water partition coefficient (Wildman–Crippen LogP) is 4.49. The maximum Gasteiger partial charge on any atom is -0.0352 e. The third-order valence-electron chi connectivity index (χ3n) is 1.97. The van der Waals surface area contributed by atoms with E-state index in [2.05, 4.69) is 41.5 Å². The number of rotatable bonds is 2. The molecular formula is C11H26. The molecule has 0 aliphatic rings. The molecule has 0 aliphatic carbocycles. The summed E-state index contributed by atoms with van der Waals surface area (Å²) in [4.78, 5) is 0. The normalized spacial score (nSPS) is 12.5. The standard InChI is InChI=1S/C10H22.CH4/c1-7-10(5,6)8-9(2,3)4;/h7-8H2,1-6H3;1H4. The van der Waals surface area contributed by atoms with Gasteiger partial charge in [0.2, 0.25) is 0 Å². The molecule has 0 aliphatic heterocycles. The van der Waals surface area contributed by atoms with Crippen LogP contribution in [0, 0.1) is 10.8 Å². The molecular weight excluding hydrogens is 132 g/mol. The summed E-state index contributed by atoms with van der Waals surface area (Å²) >= 11 is 0. The van der Waals surface area contributed by atoms with E-state index >= 15 is 0 Å². The number of hydrogen-bond acceptors (Lipinski definition) is 0. The molecule has 0 rings (SSSR count). The Morgan fingerprint density at radius 1 is 0.909 bits per heavy atom. The smallest absolute Gasteiger partial charge is 0.0352 e. The minimum atomic E-state index is 0. The van der Waals surface area contributed by atoms with Crippen LogP contribution in [0.5, 0.6) is 0 Å². The Morgan fingerprint density at radius 3 is 1.36 bits per heavy atom. The fourth-order valence-electron chi connectivity index (χ4n) is 1.56. The first-order valence-corrected chi connectivity index (χ1v) is 4.27. The van der Waals surface area contributed by atoms with E-state index in [0.29, 0.717) is 10.8 Å². The highest BCUT2D eigenvalue weighted by Gasteiger charge is 2.23. The lowest BCUT2D eigenvalue weighted by Gasteiger charge is -2.31. The van der Waals surface area contributed by atoms with Gasteiger partial charge < -0.3 is 0 Å². The first-order chi connectivity index (χ1) is 4.27. The van der Waals surface area contributed by atoms with Crippen LogP contribution in [-0.4, -0.2) is 0 Å². The van der Waals surface area contributed by atoms with Gasteiger partial charge in [-0.05, 0) is 17.3 Å². The Morgan fingerprint density at radius 2 is 1.27 bits per heavy atom. The Bertz CT molecular complexity index is 93.1. The molecule has 0 aromatic rings. The molecule has 70 valence electrons. The summed E-state index contributed by atoms with van der Waals surface area (Å²) in [5.74, 6) is 0. The Kier molecular flexibility index (Phi) is 5.10. The van der Waals surface area contributed by atoms with Gasteiger partial charge in [-0.2, -0.15) is 0 Å². The van der Waals surface area contributed by atoms with E-state index in [9.17, 15) is 0 Å². The molecule has 0 saturated heterocycles. The average Bonchev–Trinajstić information content (AvgIpc) is 1.60. The van der Waals surface area contributed by atoms with Gasteiger partial charge in [-0.1, -0.05) is 55.4 Å². The quantitative estimate of drug-likeness (QED) is 0.555. The highest BCUT2D eigenvalue weighted by molar-refractivity contribution is 4.74. The molecule has 0 heteroatoms. The highest BCUT2D eigenvalue weighted by Crippen LogP contribution is 2.35. The molecule has 0 bridgehead atoms. The first kappa shape index (κ1) is 13.6.